The average Bonchev–Trinajstić information content (AvgIpc) is 3.26. The Bertz CT molecular complexity index is 1370. The number of ether oxygens (including phenoxy) is 1. The molecule has 3 aromatic heterocycles. The van der Waals surface area contributed by atoms with Gasteiger partial charge in [0.15, 0.2) is 5.69 Å². The SMILES string of the molecule is COCCn1c(N)c(N(Cc2ccccc2)C(=O)c2ccc3nccn3c2)c(=O)[nH]c1=O. The summed E-state index contributed by atoms with van der Waals surface area (Å²) in [6, 6.07) is 12.5. The van der Waals surface area contributed by atoms with Crippen LogP contribution in [0.4, 0.5) is 11.5 Å². The molecule has 0 saturated carbocycles. The minimum absolute atomic E-state index is 0.0808. The first-order valence-corrected chi connectivity index (χ1v) is 9.89. The van der Waals surface area contributed by atoms with Crippen molar-refractivity contribution < 1.29 is 9.53 Å². The maximum atomic E-state index is 13.6. The molecule has 0 atom stereocenters. The van der Waals surface area contributed by atoms with Crippen molar-refractivity contribution in [3.05, 3.63) is 93.0 Å². The van der Waals surface area contributed by atoms with E-state index in [9.17, 15) is 14.4 Å². The van der Waals surface area contributed by atoms with E-state index in [-0.39, 0.29) is 31.2 Å². The van der Waals surface area contributed by atoms with Crippen LogP contribution in [0, 0.1) is 0 Å². The van der Waals surface area contributed by atoms with E-state index < -0.39 is 17.2 Å². The predicted octanol–water partition coefficient (Wildman–Crippen LogP) is 1.26. The number of pyridine rings is 1. The summed E-state index contributed by atoms with van der Waals surface area (Å²) in [7, 11) is 1.49. The standard InChI is InChI=1S/C22H22N6O4/c1-32-12-11-27-19(23)18(20(29)25-22(27)31)28(13-15-5-3-2-4-6-15)21(30)16-7-8-17-24-9-10-26(17)14-16/h2-10,14H,11-13,23H2,1H3,(H,25,29,31). The highest BCUT2D eigenvalue weighted by atomic mass is 16.5. The molecule has 0 aliphatic rings. The molecule has 164 valence electrons. The number of aromatic nitrogens is 4. The summed E-state index contributed by atoms with van der Waals surface area (Å²) < 4.78 is 7.93. The molecule has 10 nitrogen and oxygen atoms in total. The van der Waals surface area contributed by atoms with Gasteiger partial charge in [-0.25, -0.2) is 9.78 Å². The molecule has 4 rings (SSSR count). The van der Waals surface area contributed by atoms with Crippen LogP contribution in [0.15, 0.2) is 70.6 Å². The number of benzene rings is 1. The number of carbonyl (C=O) groups is 1. The average molecular weight is 434 g/mol. The molecular weight excluding hydrogens is 412 g/mol. The Morgan fingerprint density at radius 3 is 2.72 bits per heavy atom. The van der Waals surface area contributed by atoms with Gasteiger partial charge in [-0.15, -0.1) is 0 Å². The summed E-state index contributed by atoms with van der Waals surface area (Å²) in [5, 5.41) is 0. The first kappa shape index (κ1) is 21.1. The molecule has 3 N–H and O–H groups in total. The third kappa shape index (κ3) is 4.03. The summed E-state index contributed by atoms with van der Waals surface area (Å²) >= 11 is 0. The number of aromatic amines is 1. The van der Waals surface area contributed by atoms with Gasteiger partial charge < -0.3 is 14.9 Å². The lowest BCUT2D eigenvalue weighted by Gasteiger charge is -2.25. The lowest BCUT2D eigenvalue weighted by Crippen LogP contribution is -2.41. The van der Waals surface area contributed by atoms with Crippen molar-refractivity contribution in [1.29, 1.82) is 0 Å². The number of hydrogen-bond donors (Lipinski definition) is 2. The molecule has 0 bridgehead atoms. The van der Waals surface area contributed by atoms with Crippen LogP contribution in [0.3, 0.4) is 0 Å². The van der Waals surface area contributed by atoms with E-state index in [4.69, 9.17) is 10.5 Å². The van der Waals surface area contributed by atoms with Gasteiger partial charge in [0.2, 0.25) is 0 Å². The van der Waals surface area contributed by atoms with Gasteiger partial charge in [-0.2, -0.15) is 0 Å². The van der Waals surface area contributed by atoms with Crippen molar-refractivity contribution in [3.8, 4) is 0 Å². The minimum atomic E-state index is -0.742. The summed E-state index contributed by atoms with van der Waals surface area (Å²) in [6.45, 7) is 0.413. The molecule has 0 unspecified atom stereocenters. The lowest BCUT2D eigenvalue weighted by molar-refractivity contribution is 0.0984. The largest absolute Gasteiger partial charge is 0.383 e. The third-order valence-corrected chi connectivity index (χ3v) is 5.07. The maximum absolute atomic E-state index is 13.6. The van der Waals surface area contributed by atoms with Crippen molar-refractivity contribution in [2.45, 2.75) is 13.1 Å². The smallest absolute Gasteiger partial charge is 0.330 e. The normalized spacial score (nSPS) is 11.0. The minimum Gasteiger partial charge on any atom is -0.383 e. The van der Waals surface area contributed by atoms with Crippen LogP contribution >= 0.6 is 0 Å². The van der Waals surface area contributed by atoms with Crippen molar-refractivity contribution >= 4 is 23.1 Å². The molecule has 0 fully saturated rings. The second-order valence-corrected chi connectivity index (χ2v) is 7.12. The Labute approximate surface area is 182 Å². The van der Waals surface area contributed by atoms with Crippen molar-refractivity contribution in [2.75, 3.05) is 24.4 Å². The molecular formula is C22H22N6O4. The number of fused-ring (bicyclic) bond motifs is 1. The number of anilines is 2. The Kier molecular flexibility index (Phi) is 5.86. The summed E-state index contributed by atoms with van der Waals surface area (Å²) in [4.78, 5) is 46.5. The Balaban J connectivity index is 1.85. The number of nitrogen functional groups attached to an aromatic ring is 1. The Morgan fingerprint density at radius 2 is 1.97 bits per heavy atom. The molecule has 1 amide bonds. The Hall–Kier alpha value is -4.18. The van der Waals surface area contributed by atoms with Gasteiger partial charge >= 0.3 is 5.69 Å². The van der Waals surface area contributed by atoms with Crippen LogP contribution in [0.5, 0.6) is 0 Å². The Morgan fingerprint density at radius 1 is 1.19 bits per heavy atom. The molecule has 10 heteroatoms. The number of nitrogens with zero attached hydrogens (tertiary/aromatic N) is 4. The molecule has 1 aromatic carbocycles. The maximum Gasteiger partial charge on any atom is 0.330 e. The fraction of sp³-hybridized carbons (Fsp3) is 0.182. The van der Waals surface area contributed by atoms with E-state index in [0.717, 1.165) is 5.56 Å². The first-order valence-electron chi connectivity index (χ1n) is 9.89. The zero-order chi connectivity index (χ0) is 22.7. The van der Waals surface area contributed by atoms with Gasteiger partial charge in [-0.1, -0.05) is 30.3 Å². The molecule has 0 saturated heterocycles. The number of hydrogen-bond acceptors (Lipinski definition) is 6. The van der Waals surface area contributed by atoms with Gasteiger partial charge in [-0.3, -0.25) is 24.0 Å². The number of amides is 1. The number of methoxy groups -OCH3 is 1. The first-order chi connectivity index (χ1) is 15.5. The number of nitrogens with one attached hydrogen (secondary N) is 1. The van der Waals surface area contributed by atoms with E-state index in [0.29, 0.717) is 11.2 Å². The fourth-order valence-corrected chi connectivity index (χ4v) is 3.46. The third-order valence-electron chi connectivity index (χ3n) is 5.07. The van der Waals surface area contributed by atoms with Gasteiger partial charge in [0, 0.05) is 25.7 Å². The van der Waals surface area contributed by atoms with Crippen LogP contribution in [0.1, 0.15) is 15.9 Å². The highest BCUT2D eigenvalue weighted by Gasteiger charge is 2.26. The molecule has 32 heavy (non-hydrogen) atoms. The molecule has 0 spiro atoms. The van der Waals surface area contributed by atoms with E-state index in [1.165, 1.54) is 16.6 Å². The topological polar surface area (TPSA) is 128 Å². The van der Waals surface area contributed by atoms with Gasteiger partial charge in [0.25, 0.3) is 11.5 Å². The summed E-state index contributed by atoms with van der Waals surface area (Å²) in [6.07, 6.45) is 4.98. The lowest BCUT2D eigenvalue weighted by atomic mass is 10.1. The van der Waals surface area contributed by atoms with Gasteiger partial charge in [-0.05, 0) is 17.7 Å². The zero-order valence-corrected chi connectivity index (χ0v) is 17.4. The predicted molar refractivity (Wildman–Crippen MR) is 120 cm³/mol. The van der Waals surface area contributed by atoms with Crippen molar-refractivity contribution in [2.24, 2.45) is 0 Å². The molecule has 0 radical (unpaired) electrons. The van der Waals surface area contributed by atoms with E-state index in [1.54, 1.807) is 35.1 Å². The highest BCUT2D eigenvalue weighted by molar-refractivity contribution is 6.07. The fourth-order valence-electron chi connectivity index (χ4n) is 3.46. The van der Waals surface area contributed by atoms with E-state index in [2.05, 4.69) is 9.97 Å². The second-order valence-electron chi connectivity index (χ2n) is 7.12. The summed E-state index contributed by atoms with van der Waals surface area (Å²) in [5.41, 5.74) is 6.55. The van der Waals surface area contributed by atoms with Crippen LogP contribution in [-0.2, 0) is 17.8 Å². The van der Waals surface area contributed by atoms with E-state index >= 15 is 0 Å². The van der Waals surface area contributed by atoms with E-state index in [1.807, 2.05) is 30.3 Å². The number of nitrogens with two attached hydrogens (primary N) is 1. The van der Waals surface area contributed by atoms with Crippen molar-refractivity contribution in [3.63, 3.8) is 0 Å². The van der Waals surface area contributed by atoms with Crippen LogP contribution in [0.25, 0.3) is 5.65 Å². The van der Waals surface area contributed by atoms with Crippen LogP contribution in [0.2, 0.25) is 0 Å². The van der Waals surface area contributed by atoms with Crippen LogP contribution in [-0.4, -0.2) is 38.6 Å². The van der Waals surface area contributed by atoms with Gasteiger partial charge in [0.05, 0.1) is 25.3 Å². The molecule has 3 heterocycles. The number of rotatable bonds is 7. The second kappa shape index (κ2) is 8.90. The van der Waals surface area contributed by atoms with Crippen molar-refractivity contribution in [1.82, 2.24) is 18.9 Å². The molecule has 0 aliphatic heterocycles. The highest BCUT2D eigenvalue weighted by Crippen LogP contribution is 2.22. The number of carbonyl (C=O) groups excluding carboxylic acids is 1. The molecule has 0 aliphatic carbocycles. The number of H-pyrrole nitrogens is 1. The summed E-state index contributed by atoms with van der Waals surface area (Å²) in [5.74, 6) is -0.553. The monoisotopic (exact) mass is 434 g/mol. The van der Waals surface area contributed by atoms with Gasteiger partial charge in [0.1, 0.15) is 11.5 Å². The number of imidazole rings is 1. The molecule has 4 aromatic rings. The quantitative estimate of drug-likeness (QED) is 0.451. The zero-order valence-electron chi connectivity index (χ0n) is 17.4. The van der Waals surface area contributed by atoms with Crippen LogP contribution < -0.4 is 21.9 Å².